The number of halogens is 3. The minimum atomic E-state index is -5.08. The summed E-state index contributed by atoms with van der Waals surface area (Å²) in [7, 11) is 3.42. The monoisotopic (exact) mass is 1290 g/mol. The number of nitrogens with one attached hydrogen (secondary N) is 8. The number of hydrogen-bond donors (Lipinski definition) is 9. The lowest BCUT2D eigenvalue weighted by atomic mass is 9.92. The quantitative estimate of drug-likeness (QED) is 0.0243. The Labute approximate surface area is 543 Å². The summed E-state index contributed by atoms with van der Waals surface area (Å²) in [5.41, 5.74) is 3.71. The topological polar surface area (TPSA) is 277 Å². The summed E-state index contributed by atoms with van der Waals surface area (Å²) < 4.78 is 31.7. The highest BCUT2D eigenvalue weighted by Crippen LogP contribution is 2.37. The number of carbonyl (C=O) groups is 9. The number of rotatable bonds is 29. The van der Waals surface area contributed by atoms with Crippen molar-refractivity contribution in [2.45, 2.75) is 196 Å². The van der Waals surface area contributed by atoms with Crippen LogP contribution in [0.4, 0.5) is 13.2 Å². The summed E-state index contributed by atoms with van der Waals surface area (Å²) in [5.74, 6) is -5.44. The van der Waals surface area contributed by atoms with E-state index in [0.717, 1.165) is 47.9 Å². The molecule has 4 fully saturated rings. The molecule has 0 spiro atoms. The van der Waals surface area contributed by atoms with Crippen LogP contribution in [0.1, 0.15) is 164 Å². The number of carboxylic acid groups (broad SMARTS) is 1. The van der Waals surface area contributed by atoms with Gasteiger partial charge < -0.3 is 57.4 Å². The summed E-state index contributed by atoms with van der Waals surface area (Å²) in [4.78, 5) is 125. The van der Waals surface area contributed by atoms with E-state index in [2.05, 4.69) is 42.5 Å². The van der Waals surface area contributed by atoms with E-state index in [0.29, 0.717) is 89.9 Å². The number of carboxylic acids is 1. The van der Waals surface area contributed by atoms with Crippen LogP contribution in [0.25, 0.3) is 0 Å². The third kappa shape index (κ3) is 20.2. The van der Waals surface area contributed by atoms with Crippen LogP contribution in [0.5, 0.6) is 0 Å². The zero-order valence-electron chi connectivity index (χ0n) is 53.8. The van der Waals surface area contributed by atoms with Crippen LogP contribution in [0, 0.1) is 11.8 Å². The lowest BCUT2D eigenvalue weighted by Gasteiger charge is -2.33. The Bertz CT molecular complexity index is 2820. The number of hydrogen-bond acceptors (Lipinski definition) is 11. The van der Waals surface area contributed by atoms with Gasteiger partial charge in [-0.15, -0.1) is 0 Å². The van der Waals surface area contributed by atoms with E-state index in [1.165, 1.54) is 0 Å². The highest BCUT2D eigenvalue weighted by molar-refractivity contribution is 5.96. The van der Waals surface area contributed by atoms with Crippen molar-refractivity contribution < 1.29 is 61.4 Å². The van der Waals surface area contributed by atoms with Crippen LogP contribution in [-0.4, -0.2) is 150 Å². The molecule has 93 heavy (non-hydrogen) atoms. The first kappa shape index (κ1) is 72.2. The zero-order valence-corrected chi connectivity index (χ0v) is 53.8. The van der Waals surface area contributed by atoms with Crippen molar-refractivity contribution in [3.63, 3.8) is 0 Å². The standard InChI is InChI=1S/C68H92N10O8.C2HF3O2/c1-5-53(69-3)63(81)75-61-49(35-37-51-39-41-55(77(51)67(61)85)65(83)73-59(45-25-15-11-16-26-45)46-27-17-12-18-28-46)43-71-57(79)33-23-9-7-8-10-24-34-58(80)72-44-50-36-38-52-40-42-56(78(52)68(86)62(50)76-64(82)54(6-2)70-4)66(84)74-60(47-29-19-13-20-30-47)48-31-21-14-22-32-48;3-2(4,5)1(6)7/h11-22,25-32,49-56,59-62,69-70H,5-10,23-24,33-44H2,1-4H3,(H,71,79)(H,72,80)(H,73,83)(H,74,84)(H,75,81)(H,76,82);(H,6,7)/t49-,50-,51+,52+,53+,54+,55+,56+,61+,62+;/m1./s1. The smallest absolute Gasteiger partial charge is 0.475 e. The number of unbranched alkanes of at least 4 members (excludes halogenated alkanes) is 5. The number of fused-ring (bicyclic) bond motifs is 2. The molecule has 4 aromatic rings. The molecule has 0 aliphatic carbocycles. The number of carbonyl (C=O) groups excluding carboxylic acids is 8. The average molecular weight is 1290 g/mol. The summed E-state index contributed by atoms with van der Waals surface area (Å²) in [6.07, 6.45) is 6.14. The molecule has 8 amide bonds. The van der Waals surface area contributed by atoms with E-state index in [4.69, 9.17) is 9.90 Å². The molecule has 4 aliphatic heterocycles. The predicted octanol–water partition coefficient (Wildman–Crippen LogP) is 7.29. The van der Waals surface area contributed by atoms with Gasteiger partial charge in [-0.3, -0.25) is 38.4 Å². The molecule has 0 unspecified atom stereocenters. The second-order valence-electron chi connectivity index (χ2n) is 24.7. The van der Waals surface area contributed by atoms with Crippen LogP contribution in [0.15, 0.2) is 121 Å². The average Bonchev–Trinajstić information content (AvgIpc) is 1.66. The molecule has 4 aliphatic rings. The molecule has 504 valence electrons. The first-order valence-electron chi connectivity index (χ1n) is 33.0. The van der Waals surface area contributed by atoms with Gasteiger partial charge in [0.2, 0.25) is 47.3 Å². The Morgan fingerprint density at radius 3 is 1.08 bits per heavy atom. The van der Waals surface area contributed by atoms with Gasteiger partial charge >= 0.3 is 12.1 Å². The largest absolute Gasteiger partial charge is 0.490 e. The summed E-state index contributed by atoms with van der Waals surface area (Å²) >= 11 is 0. The minimum absolute atomic E-state index is 0.123. The maximum atomic E-state index is 14.8. The fourth-order valence-electron chi connectivity index (χ4n) is 13.5. The molecule has 4 saturated heterocycles. The molecule has 0 aromatic heterocycles. The van der Waals surface area contributed by atoms with Gasteiger partial charge in [0.15, 0.2) is 0 Å². The van der Waals surface area contributed by atoms with E-state index in [1.54, 1.807) is 23.9 Å². The lowest BCUT2D eigenvalue weighted by Crippen LogP contribution is -2.59. The number of alkyl halides is 3. The molecule has 4 aromatic carbocycles. The predicted molar refractivity (Wildman–Crippen MR) is 345 cm³/mol. The number of amides is 8. The van der Waals surface area contributed by atoms with Gasteiger partial charge in [0.1, 0.15) is 24.2 Å². The number of aliphatic carboxylic acids is 1. The lowest BCUT2D eigenvalue weighted by molar-refractivity contribution is -0.192. The molecule has 0 saturated carbocycles. The zero-order chi connectivity index (χ0) is 67.0. The van der Waals surface area contributed by atoms with E-state index in [-0.39, 0.29) is 84.3 Å². The highest BCUT2D eigenvalue weighted by atomic mass is 19.4. The van der Waals surface area contributed by atoms with Gasteiger partial charge in [-0.1, -0.05) is 161 Å². The van der Waals surface area contributed by atoms with E-state index >= 15 is 0 Å². The second kappa shape index (κ2) is 35.7. The maximum absolute atomic E-state index is 14.8. The van der Waals surface area contributed by atoms with Gasteiger partial charge in [-0.2, -0.15) is 13.2 Å². The molecule has 20 nitrogen and oxygen atoms in total. The Morgan fingerprint density at radius 2 is 0.785 bits per heavy atom. The molecular weight excluding hydrogens is 1200 g/mol. The summed E-state index contributed by atoms with van der Waals surface area (Å²) in [6.45, 7) is 4.21. The third-order valence-corrected chi connectivity index (χ3v) is 18.6. The van der Waals surface area contributed by atoms with Crippen molar-refractivity contribution in [1.29, 1.82) is 0 Å². The van der Waals surface area contributed by atoms with Crippen LogP contribution >= 0.6 is 0 Å². The van der Waals surface area contributed by atoms with Crippen molar-refractivity contribution in [1.82, 2.24) is 52.3 Å². The van der Waals surface area contributed by atoms with Gasteiger partial charge in [0.25, 0.3) is 0 Å². The van der Waals surface area contributed by atoms with Crippen molar-refractivity contribution >= 4 is 53.2 Å². The van der Waals surface area contributed by atoms with Crippen molar-refractivity contribution in [3.8, 4) is 0 Å². The molecule has 0 radical (unpaired) electrons. The number of likely N-dealkylation sites (N-methyl/N-ethyl adjacent to an activating group) is 2. The van der Waals surface area contributed by atoms with Crippen molar-refractivity contribution in [3.05, 3.63) is 144 Å². The fourth-order valence-corrected chi connectivity index (χ4v) is 13.5. The molecule has 23 heteroatoms. The van der Waals surface area contributed by atoms with Crippen LogP contribution in [0.2, 0.25) is 0 Å². The number of benzene rings is 4. The summed E-state index contributed by atoms with van der Waals surface area (Å²) in [5, 5.41) is 32.0. The molecule has 9 N–H and O–H groups in total. The minimum Gasteiger partial charge on any atom is -0.475 e. The van der Waals surface area contributed by atoms with Crippen LogP contribution in [-0.2, 0) is 43.2 Å². The Hall–Kier alpha value is -8.18. The van der Waals surface area contributed by atoms with Crippen molar-refractivity contribution in [2.24, 2.45) is 11.8 Å². The normalized spacial score (nSPS) is 21.8. The molecular formula is C70H93F3N10O10. The molecule has 4 heterocycles. The Kier molecular flexibility index (Phi) is 27.8. The first-order chi connectivity index (χ1) is 44.8. The molecule has 10 atom stereocenters. The number of nitrogens with zero attached hydrogens (tertiary/aromatic N) is 2. The second-order valence-corrected chi connectivity index (χ2v) is 24.7. The fraction of sp³-hybridized carbons (Fsp3) is 0.529. The van der Waals surface area contributed by atoms with Crippen LogP contribution in [0.3, 0.4) is 0 Å². The van der Waals surface area contributed by atoms with E-state index in [1.807, 2.05) is 135 Å². The van der Waals surface area contributed by atoms with E-state index < -0.39 is 60.5 Å². The van der Waals surface area contributed by atoms with Gasteiger partial charge in [0, 0.05) is 49.9 Å². The van der Waals surface area contributed by atoms with Gasteiger partial charge in [-0.25, -0.2) is 4.79 Å². The summed E-state index contributed by atoms with van der Waals surface area (Å²) in [6, 6.07) is 33.6. The highest BCUT2D eigenvalue weighted by Gasteiger charge is 2.50. The maximum Gasteiger partial charge on any atom is 0.490 e. The van der Waals surface area contributed by atoms with Gasteiger partial charge in [0.05, 0.1) is 24.2 Å². The molecule has 8 rings (SSSR count). The third-order valence-electron chi connectivity index (χ3n) is 18.6. The van der Waals surface area contributed by atoms with Crippen LogP contribution < -0.4 is 42.5 Å². The SMILES string of the molecule is CC[C@H](NC)C(=O)N[C@@H]1C(=O)N2[C@@H](CC[C@@H]1CNC(=O)CCCCCCCCC(=O)NC[C@H]1CC[C@H]3CC[C@@H](C(=O)NC(c4ccccc4)c4ccccc4)N3C(=O)[C@H]1NC(=O)[C@H](CC)NC)CC[C@H]2C(=O)NC(c1ccccc1)c1ccccc1.O=C(O)C(F)(F)F. The van der Waals surface area contributed by atoms with Crippen molar-refractivity contribution in [2.75, 3.05) is 27.2 Å². The Balaban J connectivity index is 0.00000165. The van der Waals surface area contributed by atoms with E-state index in [9.17, 15) is 51.5 Å². The molecule has 0 bridgehead atoms. The first-order valence-corrected chi connectivity index (χ1v) is 33.0. The Morgan fingerprint density at radius 1 is 0.484 bits per heavy atom. The van der Waals surface area contributed by atoms with Gasteiger partial charge in [-0.05, 0) is 113 Å².